The van der Waals surface area contributed by atoms with Crippen molar-refractivity contribution in [2.45, 2.75) is 39.5 Å². The van der Waals surface area contributed by atoms with Crippen LogP contribution in [0.5, 0.6) is 5.75 Å². The third-order valence-corrected chi connectivity index (χ3v) is 6.61. The van der Waals surface area contributed by atoms with E-state index in [0.717, 1.165) is 75.5 Å². The molecule has 11 heteroatoms. The Morgan fingerprint density at radius 2 is 1.86 bits per heavy atom. The number of rotatable bonds is 12. The number of aromatic nitrogens is 4. The van der Waals surface area contributed by atoms with Gasteiger partial charge in [0.05, 0.1) is 26.9 Å². The van der Waals surface area contributed by atoms with E-state index in [9.17, 15) is 5.11 Å². The van der Waals surface area contributed by atoms with E-state index in [0.29, 0.717) is 23.6 Å². The number of nitrogens with zero attached hydrogens (tertiary/aromatic N) is 6. The zero-order valence-electron chi connectivity index (χ0n) is 21.3. The monoisotopic (exact) mass is 498 g/mol. The molecular weight excluding hydrogens is 460 g/mol. The van der Waals surface area contributed by atoms with Crippen LogP contribution in [0.2, 0.25) is 0 Å². The molecule has 5 N–H and O–H groups in total. The zero-order valence-corrected chi connectivity index (χ0v) is 21.3. The number of fused-ring (bicyclic) bond motifs is 1. The SMILES string of the molecule is CCCCNc1nc(N)nc2c(CO)nn(Cc3ccc(CN4CCN(CCO)CC4)cc3OC)c12. The van der Waals surface area contributed by atoms with Crippen LogP contribution in [0.1, 0.15) is 36.6 Å². The highest BCUT2D eigenvalue weighted by Crippen LogP contribution is 2.28. The molecule has 36 heavy (non-hydrogen) atoms. The van der Waals surface area contributed by atoms with Crippen LogP contribution >= 0.6 is 0 Å². The first-order valence-electron chi connectivity index (χ1n) is 12.6. The summed E-state index contributed by atoms with van der Waals surface area (Å²) in [5.74, 6) is 1.56. The van der Waals surface area contributed by atoms with Gasteiger partial charge in [-0.25, -0.2) is 4.98 Å². The van der Waals surface area contributed by atoms with Crippen molar-refractivity contribution < 1.29 is 14.9 Å². The molecule has 0 amide bonds. The maximum atomic E-state index is 9.91. The number of methoxy groups -OCH3 is 1. The number of nitrogens with two attached hydrogens (primary N) is 1. The molecule has 0 unspecified atom stereocenters. The first-order chi connectivity index (χ1) is 17.6. The van der Waals surface area contributed by atoms with Gasteiger partial charge in [0, 0.05) is 51.4 Å². The second-order valence-electron chi connectivity index (χ2n) is 9.16. The molecule has 3 aromatic rings. The Kier molecular flexibility index (Phi) is 8.92. The van der Waals surface area contributed by atoms with E-state index in [1.165, 1.54) is 5.56 Å². The quantitative estimate of drug-likeness (QED) is 0.270. The number of β-amino-alcohol motifs (C(OH)–C–C–N with tert-alkyl or cyclic N) is 1. The number of hydrogen-bond acceptors (Lipinski definition) is 10. The number of aliphatic hydroxyl groups excluding tert-OH is 2. The number of anilines is 2. The molecule has 1 aromatic carbocycles. The third-order valence-electron chi connectivity index (χ3n) is 6.61. The van der Waals surface area contributed by atoms with E-state index in [1.54, 1.807) is 7.11 Å². The molecule has 1 saturated heterocycles. The number of unbranched alkanes of at least 4 members (excludes halogenated alkanes) is 1. The molecule has 11 nitrogen and oxygen atoms in total. The van der Waals surface area contributed by atoms with Gasteiger partial charge in [-0.3, -0.25) is 14.5 Å². The summed E-state index contributed by atoms with van der Waals surface area (Å²) >= 11 is 0. The average molecular weight is 499 g/mol. The number of piperazine rings is 1. The van der Waals surface area contributed by atoms with Crippen molar-refractivity contribution in [2.24, 2.45) is 0 Å². The molecular formula is C25H38N8O3. The van der Waals surface area contributed by atoms with Crippen LogP contribution in [-0.2, 0) is 19.7 Å². The molecule has 4 rings (SSSR count). The van der Waals surface area contributed by atoms with E-state index in [1.807, 2.05) is 4.68 Å². The van der Waals surface area contributed by atoms with Gasteiger partial charge in [-0.15, -0.1) is 0 Å². The fraction of sp³-hybridized carbons (Fsp3) is 0.560. The van der Waals surface area contributed by atoms with Crippen molar-refractivity contribution in [2.75, 3.05) is 64.0 Å². The number of nitrogen functional groups attached to an aromatic ring is 1. The maximum Gasteiger partial charge on any atom is 0.222 e. The van der Waals surface area contributed by atoms with Crippen LogP contribution < -0.4 is 15.8 Å². The van der Waals surface area contributed by atoms with Gasteiger partial charge in [-0.1, -0.05) is 25.5 Å². The standard InChI is InChI=1S/C25H38N8O3/c1-3-4-7-27-24-23-22(28-25(26)29-24)20(17-35)30-33(23)16-19-6-5-18(14-21(19)36-2)15-32-10-8-31(9-11-32)12-13-34/h5-6,14,34-35H,3-4,7-13,15-17H2,1-2H3,(H3,26,27,28,29). The van der Waals surface area contributed by atoms with E-state index < -0.39 is 0 Å². The number of aliphatic hydroxyl groups is 2. The molecule has 1 aliphatic rings. The van der Waals surface area contributed by atoms with Gasteiger partial charge in [0.1, 0.15) is 22.5 Å². The first kappa shape index (κ1) is 26.1. The van der Waals surface area contributed by atoms with Gasteiger partial charge >= 0.3 is 0 Å². The molecule has 0 spiro atoms. The molecule has 1 aliphatic heterocycles. The van der Waals surface area contributed by atoms with Gasteiger partial charge < -0.3 is 26.0 Å². The predicted molar refractivity (Wildman–Crippen MR) is 140 cm³/mol. The summed E-state index contributed by atoms with van der Waals surface area (Å²) in [6, 6.07) is 6.29. The molecule has 0 bridgehead atoms. The Labute approximate surface area is 211 Å². The smallest absolute Gasteiger partial charge is 0.222 e. The van der Waals surface area contributed by atoms with Crippen LogP contribution in [0.25, 0.3) is 11.0 Å². The molecule has 2 aromatic heterocycles. The molecule has 0 aliphatic carbocycles. The van der Waals surface area contributed by atoms with Crippen molar-refractivity contribution in [3.8, 4) is 5.75 Å². The lowest BCUT2D eigenvalue weighted by Gasteiger charge is -2.34. The van der Waals surface area contributed by atoms with Crippen LogP contribution in [-0.4, -0.2) is 92.7 Å². The van der Waals surface area contributed by atoms with Gasteiger partial charge in [-0.05, 0) is 18.1 Å². The minimum atomic E-state index is -0.240. The lowest BCUT2D eigenvalue weighted by atomic mass is 10.1. The van der Waals surface area contributed by atoms with E-state index in [2.05, 4.69) is 55.3 Å². The minimum Gasteiger partial charge on any atom is -0.496 e. The highest BCUT2D eigenvalue weighted by Gasteiger charge is 2.20. The Morgan fingerprint density at radius 1 is 1.08 bits per heavy atom. The Morgan fingerprint density at radius 3 is 2.56 bits per heavy atom. The average Bonchev–Trinajstić information content (AvgIpc) is 3.23. The van der Waals surface area contributed by atoms with E-state index in [-0.39, 0.29) is 19.2 Å². The fourth-order valence-electron chi connectivity index (χ4n) is 4.64. The molecule has 0 saturated carbocycles. The molecule has 0 radical (unpaired) electrons. The summed E-state index contributed by atoms with van der Waals surface area (Å²) in [5, 5.41) is 27.1. The van der Waals surface area contributed by atoms with Crippen molar-refractivity contribution in [3.63, 3.8) is 0 Å². The van der Waals surface area contributed by atoms with Gasteiger partial charge in [0.25, 0.3) is 0 Å². The Balaban J connectivity index is 1.56. The number of benzene rings is 1. The van der Waals surface area contributed by atoms with Crippen LogP contribution in [0.15, 0.2) is 18.2 Å². The topological polar surface area (TPSA) is 138 Å². The van der Waals surface area contributed by atoms with Gasteiger partial charge in [0.15, 0.2) is 5.82 Å². The summed E-state index contributed by atoms with van der Waals surface area (Å²) in [6.07, 6.45) is 2.05. The van der Waals surface area contributed by atoms with Crippen molar-refractivity contribution >= 4 is 22.8 Å². The second kappa shape index (κ2) is 12.3. The second-order valence-corrected chi connectivity index (χ2v) is 9.16. The van der Waals surface area contributed by atoms with Crippen molar-refractivity contribution in [1.29, 1.82) is 0 Å². The minimum absolute atomic E-state index is 0.148. The number of nitrogens with one attached hydrogen (secondary N) is 1. The van der Waals surface area contributed by atoms with Crippen LogP contribution in [0.4, 0.5) is 11.8 Å². The molecule has 3 heterocycles. The highest BCUT2D eigenvalue weighted by molar-refractivity contribution is 5.88. The normalized spacial score (nSPS) is 15.0. The zero-order chi connectivity index (χ0) is 25.5. The maximum absolute atomic E-state index is 9.91. The summed E-state index contributed by atoms with van der Waals surface area (Å²) in [4.78, 5) is 13.5. The van der Waals surface area contributed by atoms with Crippen molar-refractivity contribution in [3.05, 3.63) is 35.0 Å². The fourth-order valence-corrected chi connectivity index (χ4v) is 4.64. The lowest BCUT2D eigenvalue weighted by molar-refractivity contribution is 0.108. The molecule has 196 valence electrons. The van der Waals surface area contributed by atoms with Crippen LogP contribution in [0, 0.1) is 0 Å². The third kappa shape index (κ3) is 6.04. The van der Waals surface area contributed by atoms with Gasteiger partial charge in [0.2, 0.25) is 5.95 Å². The van der Waals surface area contributed by atoms with Gasteiger partial charge in [-0.2, -0.15) is 10.1 Å². The summed E-state index contributed by atoms with van der Waals surface area (Å²) < 4.78 is 7.57. The summed E-state index contributed by atoms with van der Waals surface area (Å²) in [6.45, 7) is 8.78. The highest BCUT2D eigenvalue weighted by atomic mass is 16.5. The Hall–Kier alpha value is -2.99. The van der Waals surface area contributed by atoms with Crippen molar-refractivity contribution in [1.82, 2.24) is 29.5 Å². The molecule has 0 atom stereocenters. The van der Waals surface area contributed by atoms with E-state index >= 15 is 0 Å². The Bertz CT molecular complexity index is 1140. The van der Waals surface area contributed by atoms with E-state index in [4.69, 9.17) is 15.6 Å². The lowest BCUT2D eigenvalue weighted by Crippen LogP contribution is -2.46. The summed E-state index contributed by atoms with van der Waals surface area (Å²) in [7, 11) is 1.68. The predicted octanol–water partition coefficient (Wildman–Crippen LogP) is 1.28. The number of hydrogen-bond donors (Lipinski definition) is 4. The molecule has 1 fully saturated rings. The van der Waals surface area contributed by atoms with Crippen LogP contribution in [0.3, 0.4) is 0 Å². The number of ether oxygens (including phenoxy) is 1. The summed E-state index contributed by atoms with van der Waals surface area (Å²) in [5.41, 5.74) is 9.86. The largest absolute Gasteiger partial charge is 0.496 e. The first-order valence-corrected chi connectivity index (χ1v) is 12.6.